The van der Waals surface area contributed by atoms with Gasteiger partial charge in [-0.2, -0.15) is 10.2 Å². The molecule has 0 spiro atoms. The number of aromatic nitrogens is 4. The van der Waals surface area contributed by atoms with Crippen LogP contribution in [0.3, 0.4) is 0 Å². The van der Waals surface area contributed by atoms with Crippen LogP contribution in [0.15, 0.2) is 24.7 Å². The third kappa shape index (κ3) is 4.07. The first-order chi connectivity index (χ1) is 8.13. The number of hydrogen-bond donors (Lipinski definition) is 1. The number of rotatable bonds is 5. The van der Waals surface area contributed by atoms with Crippen LogP contribution in [0.4, 0.5) is 5.82 Å². The van der Waals surface area contributed by atoms with Crippen molar-refractivity contribution in [2.75, 3.05) is 5.32 Å². The summed E-state index contributed by atoms with van der Waals surface area (Å²) in [6.45, 7) is 6.10. The van der Waals surface area contributed by atoms with Crippen LogP contribution >= 0.6 is 12.4 Å². The van der Waals surface area contributed by atoms with Gasteiger partial charge in [0, 0.05) is 44.2 Å². The maximum absolute atomic E-state index is 4.32. The van der Waals surface area contributed by atoms with Gasteiger partial charge in [-0.25, -0.2) is 0 Å². The van der Waals surface area contributed by atoms with Gasteiger partial charge in [0.1, 0.15) is 5.82 Å². The lowest BCUT2D eigenvalue weighted by Crippen LogP contribution is -2.04. The molecule has 0 fully saturated rings. The molecule has 0 aromatic carbocycles. The third-order valence-corrected chi connectivity index (χ3v) is 2.43. The van der Waals surface area contributed by atoms with Crippen LogP contribution in [-0.4, -0.2) is 19.6 Å². The fraction of sp³-hybridized carbons (Fsp3) is 0.500. The molecule has 0 aliphatic heterocycles. The quantitative estimate of drug-likeness (QED) is 0.906. The number of anilines is 1. The normalized spacial score (nSPS) is 10.4. The maximum atomic E-state index is 4.32. The van der Waals surface area contributed by atoms with E-state index in [1.165, 1.54) is 5.56 Å². The van der Waals surface area contributed by atoms with Gasteiger partial charge < -0.3 is 5.32 Å². The highest BCUT2D eigenvalue weighted by atomic mass is 35.5. The summed E-state index contributed by atoms with van der Waals surface area (Å²) in [5.74, 6) is 1.51. The molecule has 18 heavy (non-hydrogen) atoms. The fourth-order valence-corrected chi connectivity index (χ4v) is 1.67. The molecule has 0 radical (unpaired) electrons. The number of nitrogens with zero attached hydrogens (tertiary/aromatic N) is 4. The molecular weight excluding hydrogens is 250 g/mol. The first-order valence-electron chi connectivity index (χ1n) is 5.88. The van der Waals surface area contributed by atoms with E-state index in [9.17, 15) is 0 Å². The minimum atomic E-state index is 0. The van der Waals surface area contributed by atoms with Gasteiger partial charge in [-0.1, -0.05) is 13.8 Å². The molecule has 100 valence electrons. The topological polar surface area (TPSA) is 47.7 Å². The van der Waals surface area contributed by atoms with Crippen LogP contribution in [0.2, 0.25) is 0 Å². The Bertz CT molecular complexity index is 474. The van der Waals surface area contributed by atoms with Crippen LogP contribution in [0, 0.1) is 5.92 Å². The molecule has 0 bridgehead atoms. The van der Waals surface area contributed by atoms with E-state index in [2.05, 4.69) is 35.6 Å². The van der Waals surface area contributed by atoms with E-state index < -0.39 is 0 Å². The predicted molar refractivity (Wildman–Crippen MR) is 74.8 cm³/mol. The van der Waals surface area contributed by atoms with E-state index in [-0.39, 0.29) is 12.4 Å². The largest absolute Gasteiger partial charge is 0.364 e. The second-order valence-electron chi connectivity index (χ2n) is 4.69. The van der Waals surface area contributed by atoms with Crippen molar-refractivity contribution in [1.29, 1.82) is 0 Å². The molecule has 0 saturated carbocycles. The highest BCUT2D eigenvalue weighted by molar-refractivity contribution is 5.85. The van der Waals surface area contributed by atoms with E-state index >= 15 is 0 Å². The molecule has 5 nitrogen and oxygen atoms in total. The SMILES string of the molecule is CC(C)Cn1cc(CNc2ccn(C)n2)cn1.Cl. The van der Waals surface area contributed by atoms with E-state index in [0.29, 0.717) is 5.92 Å². The Morgan fingerprint density at radius 3 is 2.78 bits per heavy atom. The average Bonchev–Trinajstić information content (AvgIpc) is 2.84. The third-order valence-electron chi connectivity index (χ3n) is 2.43. The Labute approximate surface area is 114 Å². The van der Waals surface area contributed by atoms with Gasteiger partial charge in [-0.3, -0.25) is 9.36 Å². The lowest BCUT2D eigenvalue weighted by molar-refractivity contribution is 0.483. The minimum absolute atomic E-state index is 0. The van der Waals surface area contributed by atoms with Crippen LogP contribution in [-0.2, 0) is 20.1 Å². The number of hydrogen-bond acceptors (Lipinski definition) is 3. The first-order valence-corrected chi connectivity index (χ1v) is 5.88. The molecule has 2 rings (SSSR count). The number of nitrogens with one attached hydrogen (secondary N) is 1. The van der Waals surface area contributed by atoms with Gasteiger partial charge >= 0.3 is 0 Å². The summed E-state index contributed by atoms with van der Waals surface area (Å²) in [6, 6.07) is 1.96. The maximum Gasteiger partial charge on any atom is 0.148 e. The second-order valence-corrected chi connectivity index (χ2v) is 4.69. The van der Waals surface area contributed by atoms with Crippen molar-refractivity contribution >= 4 is 18.2 Å². The summed E-state index contributed by atoms with van der Waals surface area (Å²) >= 11 is 0. The van der Waals surface area contributed by atoms with Crippen LogP contribution in [0.1, 0.15) is 19.4 Å². The van der Waals surface area contributed by atoms with Crippen molar-refractivity contribution in [2.45, 2.75) is 26.9 Å². The highest BCUT2D eigenvalue weighted by Crippen LogP contribution is 2.06. The van der Waals surface area contributed by atoms with Crippen LogP contribution in [0.25, 0.3) is 0 Å². The fourth-order valence-electron chi connectivity index (χ4n) is 1.67. The summed E-state index contributed by atoms with van der Waals surface area (Å²) < 4.78 is 3.77. The van der Waals surface area contributed by atoms with E-state index in [0.717, 1.165) is 18.9 Å². The van der Waals surface area contributed by atoms with Gasteiger partial charge in [0.05, 0.1) is 6.20 Å². The molecular formula is C12H20ClN5. The lowest BCUT2D eigenvalue weighted by atomic mass is 10.2. The monoisotopic (exact) mass is 269 g/mol. The standard InChI is InChI=1S/C12H19N5.ClH/c1-10(2)8-17-9-11(7-14-17)6-13-12-4-5-16(3)15-12;/h4-5,7,9-10H,6,8H2,1-3H3,(H,13,15);1H. The molecule has 0 unspecified atom stereocenters. The summed E-state index contributed by atoms with van der Waals surface area (Å²) in [7, 11) is 1.91. The number of halogens is 1. The van der Waals surface area contributed by atoms with Gasteiger partial charge in [0.2, 0.25) is 0 Å². The second kappa shape index (κ2) is 6.44. The Morgan fingerprint density at radius 1 is 1.39 bits per heavy atom. The van der Waals surface area contributed by atoms with Crippen molar-refractivity contribution in [3.05, 3.63) is 30.2 Å². The zero-order valence-electron chi connectivity index (χ0n) is 11.0. The van der Waals surface area contributed by atoms with Gasteiger partial charge in [0.25, 0.3) is 0 Å². The summed E-state index contributed by atoms with van der Waals surface area (Å²) in [6.07, 6.45) is 5.90. The van der Waals surface area contributed by atoms with Gasteiger partial charge in [-0.05, 0) is 5.92 Å². The Hall–Kier alpha value is -1.49. The smallest absolute Gasteiger partial charge is 0.148 e. The minimum Gasteiger partial charge on any atom is -0.364 e. The van der Waals surface area contributed by atoms with Gasteiger partial charge in [-0.15, -0.1) is 12.4 Å². The predicted octanol–water partition coefficient (Wildman–Crippen LogP) is 2.31. The Kier molecular flexibility index (Phi) is 5.22. The molecule has 2 aromatic rings. The van der Waals surface area contributed by atoms with Gasteiger partial charge in [0.15, 0.2) is 0 Å². The number of aryl methyl sites for hydroxylation is 1. The van der Waals surface area contributed by atoms with E-state index in [4.69, 9.17) is 0 Å². The first kappa shape index (κ1) is 14.6. The average molecular weight is 270 g/mol. The van der Waals surface area contributed by atoms with E-state index in [1.807, 2.05) is 30.2 Å². The summed E-state index contributed by atoms with van der Waals surface area (Å²) in [5.41, 5.74) is 1.18. The zero-order valence-corrected chi connectivity index (χ0v) is 11.8. The van der Waals surface area contributed by atoms with Crippen molar-refractivity contribution in [1.82, 2.24) is 19.6 Å². The summed E-state index contributed by atoms with van der Waals surface area (Å²) in [5, 5.41) is 11.8. The molecule has 0 aliphatic carbocycles. The highest BCUT2D eigenvalue weighted by Gasteiger charge is 2.01. The molecule has 2 aromatic heterocycles. The Morgan fingerprint density at radius 2 is 2.17 bits per heavy atom. The van der Waals surface area contributed by atoms with Crippen LogP contribution in [0.5, 0.6) is 0 Å². The van der Waals surface area contributed by atoms with Crippen LogP contribution < -0.4 is 5.32 Å². The summed E-state index contributed by atoms with van der Waals surface area (Å²) in [4.78, 5) is 0. The van der Waals surface area contributed by atoms with Crippen molar-refractivity contribution in [3.63, 3.8) is 0 Å². The molecule has 0 saturated heterocycles. The molecule has 2 heterocycles. The zero-order chi connectivity index (χ0) is 12.3. The van der Waals surface area contributed by atoms with Crippen molar-refractivity contribution < 1.29 is 0 Å². The van der Waals surface area contributed by atoms with Crippen molar-refractivity contribution in [2.24, 2.45) is 13.0 Å². The Balaban J connectivity index is 0.00000162. The molecule has 0 aliphatic rings. The molecule has 0 atom stereocenters. The lowest BCUT2D eigenvalue weighted by Gasteiger charge is -2.03. The molecule has 1 N–H and O–H groups in total. The van der Waals surface area contributed by atoms with E-state index in [1.54, 1.807) is 4.68 Å². The molecule has 6 heteroatoms. The van der Waals surface area contributed by atoms with Crippen molar-refractivity contribution in [3.8, 4) is 0 Å². The molecule has 0 amide bonds.